The van der Waals surface area contributed by atoms with Crippen LogP contribution in [0.3, 0.4) is 0 Å². The van der Waals surface area contributed by atoms with E-state index in [0.29, 0.717) is 52.8 Å². The second kappa shape index (κ2) is 16.8. The number of nitrogens with one attached hydrogen (secondary N) is 2. The van der Waals surface area contributed by atoms with E-state index in [0.717, 1.165) is 44.8 Å². The zero-order chi connectivity index (χ0) is 41.2. The second-order valence-electron chi connectivity index (χ2n) is 13.9. The number of benzene rings is 2. The molecule has 0 bridgehead atoms. The van der Waals surface area contributed by atoms with Crippen LogP contribution in [0.2, 0.25) is 0 Å². The zero-order valence-corrected chi connectivity index (χ0v) is 34.6. The molecule has 0 unspecified atom stereocenters. The lowest BCUT2D eigenvalue weighted by Gasteiger charge is -2.11. The van der Waals surface area contributed by atoms with E-state index in [1.165, 1.54) is 47.8 Å². The van der Waals surface area contributed by atoms with Crippen LogP contribution >= 0.6 is 23.5 Å². The first kappa shape index (κ1) is 39.4. The van der Waals surface area contributed by atoms with Crippen molar-refractivity contribution < 1.29 is 18.5 Å². The van der Waals surface area contributed by atoms with Gasteiger partial charge in [0.05, 0.1) is 58.9 Å². The van der Waals surface area contributed by atoms with Crippen molar-refractivity contribution in [1.29, 1.82) is 0 Å². The molecule has 0 saturated carbocycles. The predicted molar refractivity (Wildman–Crippen MR) is 224 cm³/mol. The summed E-state index contributed by atoms with van der Waals surface area (Å²) in [6.45, 7) is 7.27. The number of hydrogen-bond acceptors (Lipinski definition) is 11. The van der Waals surface area contributed by atoms with Gasteiger partial charge in [-0.2, -0.15) is 0 Å². The normalized spacial score (nSPS) is 11.5. The summed E-state index contributed by atoms with van der Waals surface area (Å²) in [6, 6.07) is 15.5. The summed E-state index contributed by atoms with van der Waals surface area (Å²) in [5.41, 5.74) is 7.82. The number of pyridine rings is 2. The Morgan fingerprint density at radius 1 is 0.780 bits per heavy atom. The third-order valence-corrected chi connectivity index (χ3v) is 11.6. The number of amides is 2. The molecule has 6 heterocycles. The van der Waals surface area contributed by atoms with E-state index in [-0.39, 0.29) is 29.1 Å². The maximum Gasteiger partial charge on any atom is 0.337 e. The average Bonchev–Trinajstić information content (AvgIpc) is 4.01. The molecule has 19 heteroatoms. The summed E-state index contributed by atoms with van der Waals surface area (Å²) in [6.07, 6.45) is 6.94. The van der Waals surface area contributed by atoms with Gasteiger partial charge in [-0.25, -0.2) is 28.9 Å². The lowest BCUT2D eigenvalue weighted by molar-refractivity contribution is -0.719. The van der Waals surface area contributed by atoms with Gasteiger partial charge in [0.1, 0.15) is 12.4 Å². The number of rotatable bonds is 14. The molecular weight excluding hydrogens is 792 g/mol. The number of aryl methyl sites for hydroxylation is 5. The summed E-state index contributed by atoms with van der Waals surface area (Å²) >= 11 is 2.58. The Morgan fingerprint density at radius 2 is 1.44 bits per heavy atom. The topological polar surface area (TPSA) is 172 Å². The van der Waals surface area contributed by atoms with Crippen LogP contribution in [-0.4, -0.2) is 76.9 Å². The molecule has 0 aliphatic carbocycles. The van der Waals surface area contributed by atoms with E-state index < -0.39 is 0 Å². The van der Waals surface area contributed by atoms with E-state index in [9.17, 15) is 14.0 Å². The summed E-state index contributed by atoms with van der Waals surface area (Å²) < 4.78 is 23.2. The van der Waals surface area contributed by atoms with Gasteiger partial charge >= 0.3 is 5.16 Å². The van der Waals surface area contributed by atoms with Crippen LogP contribution in [0.15, 0.2) is 90.0 Å². The number of carbonyl (C=O) groups is 2. The lowest BCUT2D eigenvalue weighted by atomic mass is 10.1. The molecule has 0 radical (unpaired) electrons. The molecule has 8 rings (SSSR count). The minimum Gasteiger partial charge on any atom is -0.332 e. The van der Waals surface area contributed by atoms with Crippen LogP contribution in [0.1, 0.15) is 18.1 Å². The fourth-order valence-corrected chi connectivity index (χ4v) is 8.31. The number of hydrogen-bond donors (Lipinski definition) is 2. The number of thioether (sulfide) groups is 2. The number of imidazole rings is 2. The number of fused-ring (bicyclic) bond motifs is 2. The summed E-state index contributed by atoms with van der Waals surface area (Å²) in [4.78, 5) is 44.3. The summed E-state index contributed by atoms with van der Waals surface area (Å²) in [5.74, 6) is 0.709. The molecule has 2 amide bonds. The molecule has 0 fully saturated rings. The molecule has 0 atom stereocenters. The SMILES string of the molecule is CC[n+]1c(SCC(=O)Nc2ccc(F)cc2)nn(CCn2c(SCC(=O)Nc3ccc(C)cc3C)nnc2-c2cnc3ncn(C)c3c2)c1-c1cnc2ncn(C)c2c1. The highest BCUT2D eigenvalue weighted by atomic mass is 32.2. The van der Waals surface area contributed by atoms with Gasteiger partial charge in [-0.15, -0.1) is 14.9 Å². The molecule has 6 aromatic heterocycles. The first-order valence-electron chi connectivity index (χ1n) is 18.7. The smallest absolute Gasteiger partial charge is 0.332 e. The van der Waals surface area contributed by atoms with Gasteiger partial charge in [0.15, 0.2) is 22.3 Å². The van der Waals surface area contributed by atoms with Gasteiger partial charge < -0.3 is 19.8 Å². The molecule has 0 aliphatic heterocycles. The monoisotopic (exact) mass is 831 g/mol. The summed E-state index contributed by atoms with van der Waals surface area (Å²) in [7, 11) is 3.82. The molecule has 0 aliphatic rings. The first-order valence-corrected chi connectivity index (χ1v) is 20.7. The van der Waals surface area contributed by atoms with Crippen molar-refractivity contribution in [1.82, 2.24) is 53.6 Å². The minimum atomic E-state index is -0.382. The van der Waals surface area contributed by atoms with E-state index >= 15 is 0 Å². The molecule has 59 heavy (non-hydrogen) atoms. The predicted octanol–water partition coefficient (Wildman–Crippen LogP) is 5.60. The van der Waals surface area contributed by atoms with Crippen molar-refractivity contribution in [3.05, 3.63) is 96.6 Å². The fourth-order valence-electron chi connectivity index (χ4n) is 6.68. The van der Waals surface area contributed by atoms with Crippen LogP contribution in [0.25, 0.3) is 45.1 Å². The number of aromatic nitrogens is 12. The van der Waals surface area contributed by atoms with Crippen LogP contribution in [-0.2, 0) is 43.3 Å². The van der Waals surface area contributed by atoms with Crippen molar-refractivity contribution in [2.24, 2.45) is 14.1 Å². The van der Waals surface area contributed by atoms with Gasteiger partial charge in [-0.05, 0) is 80.6 Å². The molecule has 0 saturated heterocycles. The number of anilines is 2. The van der Waals surface area contributed by atoms with E-state index in [4.69, 9.17) is 5.10 Å². The largest absolute Gasteiger partial charge is 0.337 e. The molecule has 300 valence electrons. The van der Waals surface area contributed by atoms with Crippen LogP contribution < -0.4 is 15.2 Å². The maximum atomic E-state index is 13.5. The Kier molecular flexibility index (Phi) is 11.2. The van der Waals surface area contributed by atoms with Crippen molar-refractivity contribution in [3.8, 4) is 22.8 Å². The quantitative estimate of drug-likeness (QED) is 0.103. The Labute approximate surface area is 346 Å². The number of halogens is 1. The van der Waals surface area contributed by atoms with E-state index in [1.54, 1.807) is 25.0 Å². The highest BCUT2D eigenvalue weighted by molar-refractivity contribution is 8.00. The number of nitrogens with zero attached hydrogens (tertiary/aromatic N) is 12. The van der Waals surface area contributed by atoms with Crippen LogP contribution in [0, 0.1) is 19.7 Å². The molecule has 2 N–H and O–H groups in total. The standard InChI is InChI=1S/C40H39FN14O2S2/c1-6-53-38(27-17-32-36(43-19-27)45-23-52(32)5)55(50-40(53)59-20-33(56)46-29-10-8-28(41)9-11-29)14-13-54-37(26-16-31-35(42-18-26)44-22-51(31)4)48-49-39(54)58-21-34(57)47-30-12-7-24(2)15-25(30)3/h7-12,15-19,22-23H,6,13-14,20-21H2,1-5H3,(H-,46,47,56,57)/p+1. The third-order valence-electron chi connectivity index (χ3n) is 9.63. The first-order chi connectivity index (χ1) is 28.5. The summed E-state index contributed by atoms with van der Waals surface area (Å²) in [5, 5.41) is 21.3. The number of carbonyl (C=O) groups excluding carboxylic acids is 2. The van der Waals surface area contributed by atoms with Crippen LogP contribution in [0.5, 0.6) is 0 Å². The minimum absolute atomic E-state index is 0.0664. The van der Waals surface area contributed by atoms with Gasteiger partial charge in [-0.1, -0.05) is 29.5 Å². The Morgan fingerprint density at radius 3 is 2.14 bits per heavy atom. The highest BCUT2D eigenvalue weighted by Gasteiger charge is 2.29. The average molecular weight is 832 g/mol. The second-order valence-corrected chi connectivity index (χ2v) is 15.8. The fraction of sp³-hybridized carbons (Fsp3) is 0.250. The van der Waals surface area contributed by atoms with Gasteiger partial charge in [0.25, 0.3) is 5.82 Å². The Balaban J connectivity index is 1.12. The highest BCUT2D eigenvalue weighted by Crippen LogP contribution is 2.28. The molecule has 2 aromatic carbocycles. The van der Waals surface area contributed by atoms with Gasteiger partial charge in [-0.3, -0.25) is 14.2 Å². The lowest BCUT2D eigenvalue weighted by Crippen LogP contribution is -2.36. The van der Waals surface area contributed by atoms with E-state index in [1.807, 2.05) is 83.6 Å². The zero-order valence-electron chi connectivity index (χ0n) is 32.9. The molecule has 16 nitrogen and oxygen atoms in total. The van der Waals surface area contributed by atoms with E-state index in [2.05, 4.69) is 45.3 Å². The van der Waals surface area contributed by atoms with Crippen LogP contribution in [0.4, 0.5) is 15.8 Å². The molecule has 0 spiro atoms. The van der Waals surface area contributed by atoms with Crippen molar-refractivity contribution in [2.75, 3.05) is 22.1 Å². The van der Waals surface area contributed by atoms with Gasteiger partial charge in [0.2, 0.25) is 11.8 Å². The third kappa shape index (κ3) is 8.42. The molecular formula is C40H40FN14O2S2+. The van der Waals surface area contributed by atoms with Gasteiger partial charge in [0, 0.05) is 43.4 Å². The Bertz CT molecular complexity index is 2850. The van der Waals surface area contributed by atoms with Crippen molar-refractivity contribution in [3.63, 3.8) is 0 Å². The Hall–Kier alpha value is -6.47. The molecule has 8 aromatic rings. The van der Waals surface area contributed by atoms with Crippen molar-refractivity contribution >= 4 is 69.0 Å². The van der Waals surface area contributed by atoms with Crippen molar-refractivity contribution in [2.45, 2.75) is 50.7 Å². The maximum absolute atomic E-state index is 13.5.